The molecule has 116 valence electrons. The van der Waals surface area contributed by atoms with Gasteiger partial charge in [0.2, 0.25) is 5.91 Å². The van der Waals surface area contributed by atoms with Gasteiger partial charge in [0.15, 0.2) is 0 Å². The number of nitrogens with one attached hydrogen (secondary N) is 1. The predicted octanol–water partition coefficient (Wildman–Crippen LogP) is 3.08. The maximum Gasteiger partial charge on any atom is 0.221 e. The summed E-state index contributed by atoms with van der Waals surface area (Å²) >= 11 is 0. The van der Waals surface area contributed by atoms with E-state index < -0.39 is 0 Å². The average molecular weight is 289 g/mol. The zero-order valence-corrected chi connectivity index (χ0v) is 13.4. The number of aryl methyl sites for hydroxylation is 1. The summed E-state index contributed by atoms with van der Waals surface area (Å²) < 4.78 is 0. The minimum Gasteiger partial charge on any atom is -0.393 e. The summed E-state index contributed by atoms with van der Waals surface area (Å²) in [7, 11) is 0. The van der Waals surface area contributed by atoms with Crippen LogP contribution >= 0.6 is 0 Å². The number of amides is 1. The molecular weight excluding hydrogens is 262 g/mol. The third-order valence-corrected chi connectivity index (χ3v) is 4.50. The molecule has 0 heterocycles. The summed E-state index contributed by atoms with van der Waals surface area (Å²) in [6.45, 7) is 6.30. The Morgan fingerprint density at radius 2 is 1.76 bits per heavy atom. The van der Waals surface area contributed by atoms with Gasteiger partial charge in [-0.3, -0.25) is 4.79 Å². The van der Waals surface area contributed by atoms with Crippen molar-refractivity contribution in [3.05, 3.63) is 35.4 Å². The van der Waals surface area contributed by atoms with Crippen LogP contribution in [-0.2, 0) is 10.2 Å². The normalized spacial score (nSPS) is 22.9. The van der Waals surface area contributed by atoms with E-state index >= 15 is 0 Å². The van der Waals surface area contributed by atoms with E-state index in [2.05, 4.69) is 50.4 Å². The third-order valence-electron chi connectivity index (χ3n) is 4.50. The Kier molecular flexibility index (Phi) is 5.04. The molecule has 3 heteroatoms. The molecule has 1 fully saturated rings. The Balaban J connectivity index is 1.90. The minimum absolute atomic E-state index is 0.113. The van der Waals surface area contributed by atoms with Gasteiger partial charge in [-0.05, 0) is 43.6 Å². The van der Waals surface area contributed by atoms with E-state index in [-0.39, 0.29) is 23.5 Å². The van der Waals surface area contributed by atoms with Crippen LogP contribution in [0.5, 0.6) is 0 Å². The van der Waals surface area contributed by atoms with Crippen molar-refractivity contribution in [2.45, 2.75) is 70.4 Å². The van der Waals surface area contributed by atoms with E-state index in [1.807, 2.05) is 0 Å². The zero-order chi connectivity index (χ0) is 15.5. The van der Waals surface area contributed by atoms with Crippen LogP contribution in [0.15, 0.2) is 24.3 Å². The molecule has 1 amide bonds. The number of hydrogen-bond acceptors (Lipinski definition) is 2. The standard InChI is InChI=1S/C18H27NO2/c1-13-4-6-14(7-5-13)18(2,3)12-17(21)19-15-8-10-16(20)11-9-15/h4-7,15-16,20H,8-12H2,1-3H3,(H,19,21). The molecule has 0 aromatic heterocycles. The van der Waals surface area contributed by atoms with Gasteiger partial charge < -0.3 is 10.4 Å². The highest BCUT2D eigenvalue weighted by molar-refractivity contribution is 5.77. The second-order valence-corrected chi connectivity index (χ2v) is 7.00. The lowest BCUT2D eigenvalue weighted by molar-refractivity contribution is -0.123. The molecule has 1 aromatic rings. The van der Waals surface area contributed by atoms with Crippen LogP contribution in [0.1, 0.15) is 57.1 Å². The number of aliphatic hydroxyl groups is 1. The van der Waals surface area contributed by atoms with Crippen molar-refractivity contribution in [3.63, 3.8) is 0 Å². The molecule has 2 N–H and O–H groups in total. The van der Waals surface area contributed by atoms with Crippen LogP contribution in [0.2, 0.25) is 0 Å². The molecule has 0 saturated heterocycles. The number of carbonyl (C=O) groups is 1. The first-order valence-corrected chi connectivity index (χ1v) is 7.91. The van der Waals surface area contributed by atoms with E-state index in [1.54, 1.807) is 0 Å². The molecule has 1 aliphatic rings. The minimum atomic E-state index is -0.179. The van der Waals surface area contributed by atoms with Gasteiger partial charge in [-0.1, -0.05) is 43.7 Å². The fraction of sp³-hybridized carbons (Fsp3) is 0.611. The van der Waals surface area contributed by atoms with E-state index in [1.165, 1.54) is 11.1 Å². The van der Waals surface area contributed by atoms with E-state index in [0.29, 0.717) is 6.42 Å². The van der Waals surface area contributed by atoms with Gasteiger partial charge in [0.25, 0.3) is 0 Å². The number of hydrogen-bond donors (Lipinski definition) is 2. The average Bonchev–Trinajstić information content (AvgIpc) is 2.41. The molecule has 0 bridgehead atoms. The van der Waals surface area contributed by atoms with Crippen LogP contribution in [0.4, 0.5) is 0 Å². The predicted molar refractivity (Wildman–Crippen MR) is 85.2 cm³/mol. The van der Waals surface area contributed by atoms with Crippen molar-refractivity contribution in [2.75, 3.05) is 0 Å². The van der Waals surface area contributed by atoms with Gasteiger partial charge >= 0.3 is 0 Å². The van der Waals surface area contributed by atoms with Crippen molar-refractivity contribution < 1.29 is 9.90 Å². The highest BCUT2D eigenvalue weighted by Gasteiger charge is 2.26. The largest absolute Gasteiger partial charge is 0.393 e. The van der Waals surface area contributed by atoms with Gasteiger partial charge in [-0.2, -0.15) is 0 Å². The molecule has 0 unspecified atom stereocenters. The highest BCUT2D eigenvalue weighted by Crippen LogP contribution is 2.27. The number of carbonyl (C=O) groups excluding carboxylic acids is 1. The molecule has 3 nitrogen and oxygen atoms in total. The van der Waals surface area contributed by atoms with Crippen LogP contribution in [0, 0.1) is 6.92 Å². The fourth-order valence-electron chi connectivity index (χ4n) is 3.01. The molecule has 2 rings (SSSR count). The van der Waals surface area contributed by atoms with Gasteiger partial charge in [0.05, 0.1) is 6.10 Å². The van der Waals surface area contributed by atoms with E-state index in [9.17, 15) is 9.90 Å². The lowest BCUT2D eigenvalue weighted by atomic mass is 9.81. The topological polar surface area (TPSA) is 49.3 Å². The van der Waals surface area contributed by atoms with Gasteiger partial charge in [0.1, 0.15) is 0 Å². The summed E-state index contributed by atoms with van der Waals surface area (Å²) in [6, 6.07) is 8.64. The Bertz CT molecular complexity index is 470. The van der Waals surface area contributed by atoms with E-state index in [0.717, 1.165) is 25.7 Å². The zero-order valence-electron chi connectivity index (χ0n) is 13.4. The van der Waals surface area contributed by atoms with Crippen LogP contribution in [0.3, 0.4) is 0 Å². The van der Waals surface area contributed by atoms with Gasteiger partial charge in [-0.25, -0.2) is 0 Å². The molecule has 0 spiro atoms. The molecule has 1 saturated carbocycles. The summed E-state index contributed by atoms with van der Waals surface area (Å²) in [5.74, 6) is 0.113. The first-order chi connectivity index (χ1) is 9.87. The molecular formula is C18H27NO2. The second kappa shape index (κ2) is 6.61. The fourth-order valence-corrected chi connectivity index (χ4v) is 3.01. The molecule has 0 radical (unpaired) electrons. The highest BCUT2D eigenvalue weighted by atomic mass is 16.3. The molecule has 1 aromatic carbocycles. The van der Waals surface area contributed by atoms with Crippen LogP contribution in [-0.4, -0.2) is 23.2 Å². The van der Waals surface area contributed by atoms with Crippen LogP contribution < -0.4 is 5.32 Å². The summed E-state index contributed by atoms with van der Waals surface area (Å²) in [5, 5.41) is 12.6. The molecule has 0 aliphatic heterocycles. The van der Waals surface area contributed by atoms with Crippen LogP contribution in [0.25, 0.3) is 0 Å². The van der Waals surface area contributed by atoms with Crippen molar-refractivity contribution in [1.29, 1.82) is 0 Å². The molecule has 1 aliphatic carbocycles. The lowest BCUT2D eigenvalue weighted by Crippen LogP contribution is -2.40. The second-order valence-electron chi connectivity index (χ2n) is 7.00. The monoisotopic (exact) mass is 289 g/mol. The quantitative estimate of drug-likeness (QED) is 0.895. The lowest BCUT2D eigenvalue weighted by Gasteiger charge is -2.29. The summed E-state index contributed by atoms with van der Waals surface area (Å²) in [6.07, 6.45) is 3.69. The Morgan fingerprint density at radius 3 is 2.33 bits per heavy atom. The number of rotatable bonds is 4. The maximum absolute atomic E-state index is 12.3. The Hall–Kier alpha value is -1.35. The third kappa shape index (κ3) is 4.57. The first kappa shape index (κ1) is 16.0. The van der Waals surface area contributed by atoms with Crippen molar-refractivity contribution in [1.82, 2.24) is 5.32 Å². The molecule has 0 atom stereocenters. The number of benzene rings is 1. The Labute approximate surface area is 127 Å². The Morgan fingerprint density at radius 1 is 1.19 bits per heavy atom. The number of aliphatic hydroxyl groups excluding tert-OH is 1. The van der Waals surface area contributed by atoms with Crippen molar-refractivity contribution >= 4 is 5.91 Å². The first-order valence-electron chi connectivity index (χ1n) is 7.91. The maximum atomic E-state index is 12.3. The molecule has 21 heavy (non-hydrogen) atoms. The van der Waals surface area contributed by atoms with Gasteiger partial charge in [-0.15, -0.1) is 0 Å². The summed E-state index contributed by atoms with van der Waals surface area (Å²) in [5.41, 5.74) is 2.27. The SMILES string of the molecule is Cc1ccc(C(C)(C)CC(=O)NC2CCC(O)CC2)cc1. The summed E-state index contributed by atoms with van der Waals surface area (Å²) in [4.78, 5) is 12.3. The van der Waals surface area contributed by atoms with E-state index in [4.69, 9.17) is 0 Å². The smallest absolute Gasteiger partial charge is 0.221 e. The van der Waals surface area contributed by atoms with Crippen molar-refractivity contribution in [2.24, 2.45) is 0 Å². The van der Waals surface area contributed by atoms with Crippen molar-refractivity contribution in [3.8, 4) is 0 Å². The van der Waals surface area contributed by atoms with Gasteiger partial charge in [0, 0.05) is 12.5 Å².